The molecule has 1 rings (SSSR count). The molecule has 2 heteroatoms. The van der Waals surface area contributed by atoms with E-state index in [-0.39, 0.29) is 0 Å². The van der Waals surface area contributed by atoms with E-state index in [1.807, 2.05) is 7.05 Å². The van der Waals surface area contributed by atoms with Crippen molar-refractivity contribution in [3.63, 3.8) is 0 Å². The lowest BCUT2D eigenvalue weighted by atomic mass is 9.92. The normalized spacial score (nSPS) is 10.8. The standard InChI is InChI=1S/C14H24N2/c1-10-8-11(2)13(4)14(12(10)3)6-7-16-9-15-5/h8,15-16H,6-7,9H2,1-5H3. The highest BCUT2D eigenvalue weighted by Gasteiger charge is 2.07. The molecule has 2 N–H and O–H groups in total. The highest BCUT2D eigenvalue weighted by molar-refractivity contribution is 5.44. The van der Waals surface area contributed by atoms with Gasteiger partial charge in [-0.15, -0.1) is 0 Å². The fourth-order valence-electron chi connectivity index (χ4n) is 2.10. The first kappa shape index (κ1) is 13.2. The number of rotatable bonds is 5. The Morgan fingerprint density at radius 1 is 1.00 bits per heavy atom. The number of aryl methyl sites for hydroxylation is 2. The molecule has 0 amide bonds. The van der Waals surface area contributed by atoms with Crippen molar-refractivity contribution in [1.29, 1.82) is 0 Å². The van der Waals surface area contributed by atoms with E-state index in [0.717, 1.165) is 19.6 Å². The van der Waals surface area contributed by atoms with Crippen LogP contribution < -0.4 is 10.6 Å². The molecule has 0 saturated heterocycles. The van der Waals surface area contributed by atoms with Crippen LogP contribution in [0.2, 0.25) is 0 Å². The third kappa shape index (κ3) is 3.06. The van der Waals surface area contributed by atoms with E-state index in [1.165, 1.54) is 27.8 Å². The first-order valence-electron chi connectivity index (χ1n) is 5.99. The monoisotopic (exact) mass is 220 g/mol. The summed E-state index contributed by atoms with van der Waals surface area (Å²) >= 11 is 0. The van der Waals surface area contributed by atoms with Crippen LogP contribution in [0.5, 0.6) is 0 Å². The topological polar surface area (TPSA) is 24.1 Å². The van der Waals surface area contributed by atoms with Crippen LogP contribution in [0.25, 0.3) is 0 Å². The van der Waals surface area contributed by atoms with Gasteiger partial charge in [-0.05, 0) is 69.0 Å². The second-order valence-electron chi connectivity index (χ2n) is 4.52. The van der Waals surface area contributed by atoms with Crippen LogP contribution in [0, 0.1) is 27.7 Å². The molecule has 0 atom stereocenters. The quantitative estimate of drug-likeness (QED) is 0.587. The molecule has 0 bridgehead atoms. The highest BCUT2D eigenvalue weighted by Crippen LogP contribution is 2.21. The van der Waals surface area contributed by atoms with Crippen LogP contribution in [-0.2, 0) is 6.42 Å². The Morgan fingerprint density at radius 2 is 1.56 bits per heavy atom. The molecular weight excluding hydrogens is 196 g/mol. The molecule has 2 nitrogen and oxygen atoms in total. The summed E-state index contributed by atoms with van der Waals surface area (Å²) in [6.45, 7) is 10.8. The summed E-state index contributed by atoms with van der Waals surface area (Å²) < 4.78 is 0. The first-order valence-corrected chi connectivity index (χ1v) is 5.99. The molecule has 1 aromatic carbocycles. The maximum atomic E-state index is 3.37. The van der Waals surface area contributed by atoms with E-state index < -0.39 is 0 Å². The summed E-state index contributed by atoms with van der Waals surface area (Å²) in [4.78, 5) is 0. The fourth-order valence-corrected chi connectivity index (χ4v) is 2.10. The Hall–Kier alpha value is -0.860. The van der Waals surface area contributed by atoms with Crippen LogP contribution in [0.4, 0.5) is 0 Å². The summed E-state index contributed by atoms with van der Waals surface area (Å²) in [5, 5.41) is 6.46. The van der Waals surface area contributed by atoms with Crippen molar-refractivity contribution in [3.05, 3.63) is 33.9 Å². The van der Waals surface area contributed by atoms with Crippen molar-refractivity contribution in [2.24, 2.45) is 0 Å². The number of nitrogens with one attached hydrogen (secondary N) is 2. The van der Waals surface area contributed by atoms with Crippen LogP contribution in [0.15, 0.2) is 6.07 Å². The van der Waals surface area contributed by atoms with E-state index >= 15 is 0 Å². The minimum absolute atomic E-state index is 0.878. The van der Waals surface area contributed by atoms with Gasteiger partial charge in [0.1, 0.15) is 0 Å². The predicted molar refractivity (Wildman–Crippen MR) is 71.0 cm³/mol. The number of hydrogen-bond acceptors (Lipinski definition) is 2. The molecule has 90 valence electrons. The van der Waals surface area contributed by atoms with Gasteiger partial charge < -0.3 is 10.6 Å². The minimum atomic E-state index is 0.878. The molecule has 0 radical (unpaired) electrons. The maximum Gasteiger partial charge on any atom is 0.0451 e. The molecule has 0 aliphatic carbocycles. The Labute approximate surface area is 99.5 Å². The lowest BCUT2D eigenvalue weighted by Gasteiger charge is -2.15. The Balaban J connectivity index is 2.78. The van der Waals surface area contributed by atoms with Crippen molar-refractivity contribution in [1.82, 2.24) is 10.6 Å². The molecule has 0 heterocycles. The Kier molecular flexibility index (Phi) is 4.97. The van der Waals surface area contributed by atoms with Gasteiger partial charge in [0, 0.05) is 13.2 Å². The molecule has 0 aliphatic rings. The third-order valence-corrected chi connectivity index (χ3v) is 3.37. The second-order valence-corrected chi connectivity index (χ2v) is 4.52. The van der Waals surface area contributed by atoms with Gasteiger partial charge in [0.05, 0.1) is 0 Å². The average molecular weight is 220 g/mol. The van der Waals surface area contributed by atoms with Crippen LogP contribution >= 0.6 is 0 Å². The van der Waals surface area contributed by atoms with Gasteiger partial charge in [-0.3, -0.25) is 0 Å². The summed E-state index contributed by atoms with van der Waals surface area (Å²) in [7, 11) is 1.96. The lowest BCUT2D eigenvalue weighted by Crippen LogP contribution is -2.27. The average Bonchev–Trinajstić information content (AvgIpc) is 2.25. The largest absolute Gasteiger partial charge is 0.308 e. The minimum Gasteiger partial charge on any atom is -0.308 e. The Bertz CT molecular complexity index is 330. The van der Waals surface area contributed by atoms with Crippen molar-refractivity contribution < 1.29 is 0 Å². The van der Waals surface area contributed by atoms with Crippen LogP contribution in [-0.4, -0.2) is 20.3 Å². The van der Waals surface area contributed by atoms with E-state index in [1.54, 1.807) is 0 Å². The number of hydrogen-bond donors (Lipinski definition) is 2. The zero-order valence-electron chi connectivity index (χ0n) is 11.2. The van der Waals surface area contributed by atoms with Gasteiger partial charge in [-0.2, -0.15) is 0 Å². The molecule has 0 fully saturated rings. The number of benzene rings is 1. The Morgan fingerprint density at radius 3 is 2.06 bits per heavy atom. The van der Waals surface area contributed by atoms with Gasteiger partial charge >= 0.3 is 0 Å². The van der Waals surface area contributed by atoms with Crippen LogP contribution in [0.3, 0.4) is 0 Å². The van der Waals surface area contributed by atoms with Gasteiger partial charge in [0.15, 0.2) is 0 Å². The van der Waals surface area contributed by atoms with Crippen molar-refractivity contribution >= 4 is 0 Å². The van der Waals surface area contributed by atoms with Crippen molar-refractivity contribution in [3.8, 4) is 0 Å². The van der Waals surface area contributed by atoms with E-state index in [0.29, 0.717) is 0 Å². The van der Waals surface area contributed by atoms with Gasteiger partial charge in [0.25, 0.3) is 0 Å². The predicted octanol–water partition coefficient (Wildman–Crippen LogP) is 2.23. The molecular formula is C14H24N2. The highest BCUT2D eigenvalue weighted by atomic mass is 15.0. The van der Waals surface area contributed by atoms with E-state index in [9.17, 15) is 0 Å². The van der Waals surface area contributed by atoms with E-state index in [2.05, 4.69) is 44.4 Å². The van der Waals surface area contributed by atoms with E-state index in [4.69, 9.17) is 0 Å². The second kappa shape index (κ2) is 6.02. The molecule has 16 heavy (non-hydrogen) atoms. The van der Waals surface area contributed by atoms with Gasteiger partial charge in [0.2, 0.25) is 0 Å². The van der Waals surface area contributed by atoms with Crippen molar-refractivity contribution in [2.45, 2.75) is 34.1 Å². The molecule has 0 aliphatic heterocycles. The maximum absolute atomic E-state index is 3.37. The van der Waals surface area contributed by atoms with Gasteiger partial charge in [-0.25, -0.2) is 0 Å². The molecule has 1 aromatic rings. The SMILES string of the molecule is CNCNCCc1c(C)c(C)cc(C)c1C. The van der Waals surface area contributed by atoms with Gasteiger partial charge in [-0.1, -0.05) is 6.07 Å². The third-order valence-electron chi connectivity index (χ3n) is 3.37. The molecule has 0 spiro atoms. The molecule has 0 aromatic heterocycles. The van der Waals surface area contributed by atoms with Crippen LogP contribution in [0.1, 0.15) is 27.8 Å². The summed E-state index contributed by atoms with van der Waals surface area (Å²) in [6.07, 6.45) is 1.11. The summed E-state index contributed by atoms with van der Waals surface area (Å²) in [5.74, 6) is 0. The summed E-state index contributed by atoms with van der Waals surface area (Å²) in [5.41, 5.74) is 7.24. The smallest absolute Gasteiger partial charge is 0.0451 e. The zero-order chi connectivity index (χ0) is 12.1. The fraction of sp³-hybridized carbons (Fsp3) is 0.571. The van der Waals surface area contributed by atoms with Crippen molar-refractivity contribution in [2.75, 3.05) is 20.3 Å². The molecule has 0 saturated carbocycles. The lowest BCUT2D eigenvalue weighted by molar-refractivity contribution is 0.629. The summed E-state index contributed by atoms with van der Waals surface area (Å²) in [6, 6.07) is 2.29. The molecule has 0 unspecified atom stereocenters. The zero-order valence-corrected chi connectivity index (χ0v) is 11.2. The first-order chi connectivity index (χ1) is 7.57.